The highest BCUT2D eigenvalue weighted by molar-refractivity contribution is 6.03. The zero-order chi connectivity index (χ0) is 16.4. The third-order valence-electron chi connectivity index (χ3n) is 4.48. The lowest BCUT2D eigenvalue weighted by Crippen LogP contribution is -2.33. The van der Waals surface area contributed by atoms with E-state index in [0.29, 0.717) is 17.2 Å². The van der Waals surface area contributed by atoms with Gasteiger partial charge in [0.15, 0.2) is 0 Å². The van der Waals surface area contributed by atoms with Gasteiger partial charge in [0.2, 0.25) is 5.91 Å². The van der Waals surface area contributed by atoms with Crippen molar-refractivity contribution < 1.29 is 9.59 Å². The van der Waals surface area contributed by atoms with E-state index in [9.17, 15) is 9.59 Å². The number of carbonyl (C=O) groups excluding carboxylic acids is 2. The largest absolute Gasteiger partial charge is 0.366 e. The van der Waals surface area contributed by atoms with Crippen molar-refractivity contribution in [3.63, 3.8) is 0 Å². The number of nitrogens with one attached hydrogen (secondary N) is 1. The number of nitrogens with two attached hydrogens (primary N) is 1. The second-order valence-corrected chi connectivity index (χ2v) is 6.18. The molecular formula is C19H20N2O2. The molecule has 3 N–H and O–H groups in total. The maximum absolute atomic E-state index is 12.4. The summed E-state index contributed by atoms with van der Waals surface area (Å²) in [5.74, 6) is -0.133. The molecule has 2 aromatic carbocycles. The lowest BCUT2D eigenvalue weighted by atomic mass is 9.71. The van der Waals surface area contributed by atoms with E-state index < -0.39 is 5.91 Å². The average molecular weight is 308 g/mol. The third-order valence-corrected chi connectivity index (χ3v) is 4.48. The molecule has 0 spiro atoms. The summed E-state index contributed by atoms with van der Waals surface area (Å²) in [5.41, 5.74) is 8.46. The minimum atomic E-state index is -0.528. The number of carbonyl (C=O) groups is 2. The number of primary amides is 1. The molecule has 0 bridgehead atoms. The van der Waals surface area contributed by atoms with E-state index in [4.69, 9.17) is 5.73 Å². The topological polar surface area (TPSA) is 72.2 Å². The number of hydrogen-bond acceptors (Lipinski definition) is 2. The predicted octanol–water partition coefficient (Wildman–Crippen LogP) is 3.23. The smallest absolute Gasteiger partial charge is 0.250 e. The van der Waals surface area contributed by atoms with Crippen molar-refractivity contribution in [2.45, 2.75) is 25.7 Å². The van der Waals surface area contributed by atoms with E-state index in [1.54, 1.807) is 12.1 Å². The Labute approximate surface area is 135 Å². The van der Waals surface area contributed by atoms with Crippen LogP contribution in [-0.4, -0.2) is 11.8 Å². The summed E-state index contributed by atoms with van der Waals surface area (Å²) in [4.78, 5) is 23.9. The van der Waals surface area contributed by atoms with Crippen LogP contribution >= 0.6 is 0 Å². The number of aryl methyl sites for hydroxylation is 1. The molecule has 23 heavy (non-hydrogen) atoms. The maximum Gasteiger partial charge on any atom is 0.250 e. The van der Waals surface area contributed by atoms with Crippen molar-refractivity contribution in [3.8, 4) is 0 Å². The van der Waals surface area contributed by atoms with Gasteiger partial charge in [-0.15, -0.1) is 0 Å². The van der Waals surface area contributed by atoms with Crippen LogP contribution in [0.15, 0.2) is 48.5 Å². The molecule has 0 aliphatic heterocycles. The zero-order valence-electron chi connectivity index (χ0n) is 13.1. The molecule has 1 aliphatic rings. The molecule has 0 heterocycles. The van der Waals surface area contributed by atoms with Crippen LogP contribution in [0.25, 0.3) is 0 Å². The normalized spacial score (nSPS) is 19.7. The van der Waals surface area contributed by atoms with Crippen molar-refractivity contribution in [1.29, 1.82) is 0 Å². The Bertz CT molecular complexity index is 734. The van der Waals surface area contributed by atoms with Crippen LogP contribution in [0.5, 0.6) is 0 Å². The Morgan fingerprint density at radius 2 is 1.78 bits per heavy atom. The fourth-order valence-corrected chi connectivity index (χ4v) is 3.04. The molecule has 0 saturated heterocycles. The van der Waals surface area contributed by atoms with Crippen molar-refractivity contribution in [1.82, 2.24) is 0 Å². The standard InChI is InChI=1S/C19H20N2O2/c1-12-7-8-17(16(9-12)18(20)22)21-19(23)15-10-14(11-15)13-5-3-2-4-6-13/h2-9,14-15H,10-11H2,1H3,(H2,20,22)(H,21,23). The van der Waals surface area contributed by atoms with Crippen molar-refractivity contribution in [2.75, 3.05) is 5.32 Å². The Kier molecular flexibility index (Phi) is 4.15. The Morgan fingerprint density at radius 1 is 1.09 bits per heavy atom. The summed E-state index contributed by atoms with van der Waals surface area (Å²) in [6.07, 6.45) is 1.68. The van der Waals surface area contributed by atoms with Crippen LogP contribution in [0.3, 0.4) is 0 Å². The molecule has 1 aliphatic carbocycles. The van der Waals surface area contributed by atoms with Gasteiger partial charge in [-0.3, -0.25) is 9.59 Å². The predicted molar refractivity (Wildman–Crippen MR) is 90.2 cm³/mol. The third kappa shape index (κ3) is 3.26. The molecule has 0 unspecified atom stereocenters. The second-order valence-electron chi connectivity index (χ2n) is 6.18. The molecule has 0 radical (unpaired) electrons. The first kappa shape index (κ1) is 15.3. The van der Waals surface area contributed by atoms with Gasteiger partial charge in [0.25, 0.3) is 5.91 Å². The monoisotopic (exact) mass is 308 g/mol. The van der Waals surface area contributed by atoms with Gasteiger partial charge in [0.05, 0.1) is 11.3 Å². The highest BCUT2D eigenvalue weighted by Gasteiger charge is 2.35. The molecule has 118 valence electrons. The van der Waals surface area contributed by atoms with Crippen LogP contribution in [-0.2, 0) is 4.79 Å². The fraction of sp³-hybridized carbons (Fsp3) is 0.263. The first-order valence-corrected chi connectivity index (χ1v) is 7.81. The van der Waals surface area contributed by atoms with Crippen LogP contribution in [0, 0.1) is 12.8 Å². The first-order chi connectivity index (χ1) is 11.0. The van der Waals surface area contributed by atoms with Gasteiger partial charge in [-0.05, 0) is 43.4 Å². The van der Waals surface area contributed by atoms with E-state index in [0.717, 1.165) is 18.4 Å². The Balaban J connectivity index is 1.64. The summed E-state index contributed by atoms with van der Waals surface area (Å²) in [7, 11) is 0. The molecular weight excluding hydrogens is 288 g/mol. The average Bonchev–Trinajstić information content (AvgIpc) is 2.48. The molecule has 2 amide bonds. The number of anilines is 1. The van der Waals surface area contributed by atoms with E-state index in [-0.39, 0.29) is 11.8 Å². The summed E-state index contributed by atoms with van der Waals surface area (Å²) in [5, 5.41) is 2.85. The second kappa shape index (κ2) is 6.24. The molecule has 0 atom stereocenters. The summed E-state index contributed by atoms with van der Waals surface area (Å²) >= 11 is 0. The van der Waals surface area contributed by atoms with Gasteiger partial charge in [-0.2, -0.15) is 0 Å². The van der Waals surface area contributed by atoms with Gasteiger partial charge in [-0.1, -0.05) is 42.0 Å². The van der Waals surface area contributed by atoms with Crippen molar-refractivity contribution in [3.05, 3.63) is 65.2 Å². The van der Waals surface area contributed by atoms with Crippen LogP contribution in [0.2, 0.25) is 0 Å². The first-order valence-electron chi connectivity index (χ1n) is 7.81. The number of amides is 2. The minimum absolute atomic E-state index is 0.0118. The fourth-order valence-electron chi connectivity index (χ4n) is 3.04. The van der Waals surface area contributed by atoms with E-state index in [1.165, 1.54) is 5.56 Å². The minimum Gasteiger partial charge on any atom is -0.366 e. The number of benzene rings is 2. The van der Waals surface area contributed by atoms with Crippen molar-refractivity contribution >= 4 is 17.5 Å². The van der Waals surface area contributed by atoms with Gasteiger partial charge >= 0.3 is 0 Å². The van der Waals surface area contributed by atoms with E-state index in [2.05, 4.69) is 17.4 Å². The highest BCUT2D eigenvalue weighted by Crippen LogP contribution is 2.42. The maximum atomic E-state index is 12.4. The SMILES string of the molecule is Cc1ccc(NC(=O)C2CC(c3ccccc3)C2)c(C(N)=O)c1. The number of hydrogen-bond donors (Lipinski definition) is 2. The van der Waals surface area contributed by atoms with Crippen LogP contribution < -0.4 is 11.1 Å². The molecule has 3 rings (SSSR count). The zero-order valence-corrected chi connectivity index (χ0v) is 13.1. The van der Waals surface area contributed by atoms with Crippen LogP contribution in [0.4, 0.5) is 5.69 Å². The molecule has 1 saturated carbocycles. The molecule has 0 aromatic heterocycles. The van der Waals surface area contributed by atoms with E-state index in [1.807, 2.05) is 31.2 Å². The quantitative estimate of drug-likeness (QED) is 0.910. The molecule has 2 aromatic rings. The Hall–Kier alpha value is -2.62. The van der Waals surface area contributed by atoms with Gasteiger partial charge in [-0.25, -0.2) is 0 Å². The highest BCUT2D eigenvalue weighted by atomic mass is 16.2. The lowest BCUT2D eigenvalue weighted by Gasteiger charge is -2.34. The summed E-state index contributed by atoms with van der Waals surface area (Å²) in [6.45, 7) is 1.88. The molecule has 4 nitrogen and oxygen atoms in total. The number of rotatable bonds is 4. The van der Waals surface area contributed by atoms with Gasteiger partial charge < -0.3 is 11.1 Å². The van der Waals surface area contributed by atoms with Gasteiger partial charge in [0.1, 0.15) is 0 Å². The van der Waals surface area contributed by atoms with Gasteiger partial charge in [0, 0.05) is 5.92 Å². The Morgan fingerprint density at radius 3 is 2.43 bits per heavy atom. The molecule has 1 fully saturated rings. The molecule has 4 heteroatoms. The lowest BCUT2D eigenvalue weighted by molar-refractivity contribution is -0.122. The van der Waals surface area contributed by atoms with E-state index >= 15 is 0 Å². The van der Waals surface area contributed by atoms with Crippen molar-refractivity contribution in [2.24, 2.45) is 11.7 Å². The summed E-state index contributed by atoms with van der Waals surface area (Å²) < 4.78 is 0. The van der Waals surface area contributed by atoms with Crippen LogP contribution in [0.1, 0.15) is 40.2 Å². The summed E-state index contributed by atoms with van der Waals surface area (Å²) in [6, 6.07) is 15.5.